The number of amides is 1. The predicted molar refractivity (Wildman–Crippen MR) is 103 cm³/mol. The summed E-state index contributed by atoms with van der Waals surface area (Å²) in [5, 5.41) is 5.58. The number of hydrazone groups is 1. The quantitative estimate of drug-likeness (QED) is 0.464. The Morgan fingerprint density at radius 3 is 2.14 bits per heavy atom. The van der Waals surface area contributed by atoms with Crippen LogP contribution in [0, 0.1) is 5.92 Å². The van der Waals surface area contributed by atoms with Crippen LogP contribution in [-0.4, -0.2) is 38.7 Å². The van der Waals surface area contributed by atoms with Crippen molar-refractivity contribution < 1.29 is 69.1 Å². The molecule has 1 unspecified atom stereocenters. The fraction of sp³-hybridized carbons (Fsp3) is 0.263. The van der Waals surface area contributed by atoms with Crippen molar-refractivity contribution >= 4 is 33.1 Å². The first-order valence-electron chi connectivity index (χ1n) is 8.38. The Labute approximate surface area is 207 Å². The summed E-state index contributed by atoms with van der Waals surface area (Å²) in [6.07, 6.45) is 0.533. The van der Waals surface area contributed by atoms with Crippen molar-refractivity contribution in [3.63, 3.8) is 0 Å². The van der Waals surface area contributed by atoms with Crippen molar-refractivity contribution in [2.24, 2.45) is 11.0 Å². The minimum Gasteiger partial charge on any atom is -0.744 e. The third kappa shape index (κ3) is 5.09. The molecular formula is C19H20KN3O4S. The Balaban J connectivity index is 0.00000280. The molecule has 0 aliphatic carbocycles. The molecule has 1 amide bonds. The first kappa shape index (κ1) is 23.2. The minimum atomic E-state index is -4.52. The molecule has 1 aliphatic rings. The van der Waals surface area contributed by atoms with Crippen molar-refractivity contribution in [3.8, 4) is 0 Å². The van der Waals surface area contributed by atoms with Gasteiger partial charge in [-0.25, -0.2) is 13.4 Å². The molecule has 7 nitrogen and oxygen atoms in total. The molecule has 3 rings (SSSR count). The van der Waals surface area contributed by atoms with Crippen LogP contribution in [0.2, 0.25) is 0 Å². The fourth-order valence-corrected chi connectivity index (χ4v) is 3.41. The van der Waals surface area contributed by atoms with Crippen LogP contribution < -0.4 is 61.3 Å². The molecule has 0 fully saturated rings. The van der Waals surface area contributed by atoms with Crippen molar-refractivity contribution in [2.45, 2.75) is 18.2 Å². The van der Waals surface area contributed by atoms with E-state index in [0.717, 1.165) is 11.3 Å². The van der Waals surface area contributed by atoms with Crippen LogP contribution in [0.3, 0.4) is 0 Å². The molecule has 0 bridgehead atoms. The number of benzene rings is 2. The van der Waals surface area contributed by atoms with E-state index < -0.39 is 10.1 Å². The molecule has 1 atom stereocenters. The zero-order valence-corrected chi connectivity index (χ0v) is 20.2. The van der Waals surface area contributed by atoms with Gasteiger partial charge in [-0.15, -0.1) is 0 Å². The third-order valence-corrected chi connectivity index (χ3v) is 5.38. The standard InChI is InChI=1S/C19H21N3O4S.K/c1-13-18(12-14-4-6-15(7-5-14)21(2)3)19(23)22(20-13)16-8-10-17(11-9-16)27(24,25)26;/h4-11,18H,12H2,1-3H3,(H,24,25,26);/q;+1/p-1. The fourth-order valence-electron chi connectivity index (χ4n) is 2.94. The van der Waals surface area contributed by atoms with Crippen LogP contribution >= 0.6 is 0 Å². The number of hydrogen-bond donors (Lipinski definition) is 0. The number of nitrogens with zero attached hydrogens (tertiary/aromatic N) is 3. The van der Waals surface area contributed by atoms with Crippen LogP contribution in [0.5, 0.6) is 0 Å². The number of rotatable bonds is 5. The van der Waals surface area contributed by atoms with Gasteiger partial charge >= 0.3 is 51.4 Å². The molecule has 1 aliphatic heterocycles. The maximum absolute atomic E-state index is 12.8. The molecule has 0 saturated heterocycles. The van der Waals surface area contributed by atoms with E-state index in [1.54, 1.807) is 6.92 Å². The number of carbonyl (C=O) groups excluding carboxylic acids is 1. The average molecular weight is 426 g/mol. The SMILES string of the molecule is CC1=NN(c2ccc(S(=O)(=O)[O-])cc2)C(=O)C1Cc1ccc(N(C)C)cc1.[K+]. The summed E-state index contributed by atoms with van der Waals surface area (Å²) in [6.45, 7) is 1.80. The van der Waals surface area contributed by atoms with Gasteiger partial charge in [0.1, 0.15) is 10.1 Å². The number of hydrogen-bond acceptors (Lipinski definition) is 6. The van der Waals surface area contributed by atoms with Gasteiger partial charge in [0.2, 0.25) is 0 Å². The van der Waals surface area contributed by atoms with E-state index in [0.29, 0.717) is 17.8 Å². The molecule has 1 heterocycles. The van der Waals surface area contributed by atoms with Crippen molar-refractivity contribution in [1.82, 2.24) is 0 Å². The summed E-state index contributed by atoms with van der Waals surface area (Å²) >= 11 is 0. The average Bonchev–Trinajstić information content (AvgIpc) is 2.90. The van der Waals surface area contributed by atoms with Crippen LogP contribution in [0.15, 0.2) is 58.5 Å². The summed E-state index contributed by atoms with van der Waals surface area (Å²) < 4.78 is 33.1. The second-order valence-corrected chi connectivity index (χ2v) is 8.04. The zero-order valence-electron chi connectivity index (χ0n) is 16.3. The molecule has 28 heavy (non-hydrogen) atoms. The Hall–Kier alpha value is -1.07. The van der Waals surface area contributed by atoms with Gasteiger partial charge in [-0.2, -0.15) is 5.10 Å². The van der Waals surface area contributed by atoms with E-state index in [-0.39, 0.29) is 68.1 Å². The predicted octanol–water partition coefficient (Wildman–Crippen LogP) is -0.758. The van der Waals surface area contributed by atoms with Gasteiger partial charge in [-0.3, -0.25) is 4.79 Å². The van der Waals surface area contributed by atoms with E-state index >= 15 is 0 Å². The van der Waals surface area contributed by atoms with Gasteiger partial charge in [-0.05, 0) is 55.3 Å². The molecule has 0 saturated carbocycles. The van der Waals surface area contributed by atoms with E-state index in [1.165, 1.54) is 29.3 Å². The molecule has 2 aromatic carbocycles. The summed E-state index contributed by atoms with van der Waals surface area (Å²) in [6, 6.07) is 13.2. The topological polar surface area (TPSA) is 93.1 Å². The van der Waals surface area contributed by atoms with Gasteiger partial charge in [-0.1, -0.05) is 12.1 Å². The summed E-state index contributed by atoms with van der Waals surface area (Å²) in [5.74, 6) is -0.556. The van der Waals surface area contributed by atoms with E-state index in [2.05, 4.69) is 5.10 Å². The molecule has 9 heteroatoms. The first-order valence-corrected chi connectivity index (χ1v) is 9.79. The zero-order chi connectivity index (χ0) is 19.8. The Morgan fingerprint density at radius 1 is 1.07 bits per heavy atom. The first-order chi connectivity index (χ1) is 12.7. The monoisotopic (exact) mass is 425 g/mol. The smallest absolute Gasteiger partial charge is 0.744 e. The van der Waals surface area contributed by atoms with Crippen molar-refractivity contribution in [1.29, 1.82) is 0 Å². The minimum absolute atomic E-state index is 0. The van der Waals surface area contributed by atoms with Crippen LogP contribution in [-0.2, 0) is 21.3 Å². The second-order valence-electron chi connectivity index (χ2n) is 6.66. The summed E-state index contributed by atoms with van der Waals surface area (Å²) in [7, 11) is -0.590. The second kappa shape index (κ2) is 9.16. The largest absolute Gasteiger partial charge is 1.00 e. The molecule has 142 valence electrons. The normalized spacial score (nSPS) is 16.6. The van der Waals surface area contributed by atoms with Gasteiger partial charge in [0.05, 0.1) is 16.5 Å². The van der Waals surface area contributed by atoms with Crippen LogP contribution in [0.25, 0.3) is 0 Å². The molecule has 0 spiro atoms. The van der Waals surface area contributed by atoms with E-state index in [4.69, 9.17) is 0 Å². The Kier molecular flexibility index (Phi) is 7.60. The van der Waals surface area contributed by atoms with Crippen molar-refractivity contribution in [3.05, 3.63) is 54.1 Å². The molecule has 0 aromatic heterocycles. The van der Waals surface area contributed by atoms with E-state index in [1.807, 2.05) is 43.3 Å². The van der Waals surface area contributed by atoms with Crippen LogP contribution in [0.4, 0.5) is 11.4 Å². The maximum atomic E-state index is 12.8. The third-order valence-electron chi connectivity index (χ3n) is 4.53. The summed E-state index contributed by atoms with van der Waals surface area (Å²) in [5.41, 5.74) is 3.23. The van der Waals surface area contributed by atoms with Crippen LogP contribution in [0.1, 0.15) is 12.5 Å². The van der Waals surface area contributed by atoms with Gasteiger partial charge < -0.3 is 9.45 Å². The van der Waals surface area contributed by atoms with Gasteiger partial charge in [0.15, 0.2) is 0 Å². The molecule has 0 N–H and O–H groups in total. The Morgan fingerprint density at radius 2 is 1.64 bits per heavy atom. The van der Waals surface area contributed by atoms with Crippen molar-refractivity contribution in [2.75, 3.05) is 24.0 Å². The maximum Gasteiger partial charge on any atom is 1.00 e. The molecule has 2 aromatic rings. The summed E-state index contributed by atoms with van der Waals surface area (Å²) in [4.78, 5) is 14.5. The van der Waals surface area contributed by atoms with Gasteiger partial charge in [0, 0.05) is 25.5 Å². The molecular weight excluding hydrogens is 405 g/mol. The number of anilines is 2. The van der Waals surface area contributed by atoms with E-state index in [9.17, 15) is 17.8 Å². The Bertz CT molecular complexity index is 987. The molecule has 0 radical (unpaired) electrons. The van der Waals surface area contributed by atoms with Gasteiger partial charge in [0.25, 0.3) is 5.91 Å². The number of carbonyl (C=O) groups is 1.